The maximum Gasteiger partial charge on any atom is 0.239 e. The number of aromatic nitrogens is 2. The van der Waals surface area contributed by atoms with E-state index in [4.69, 9.17) is 4.98 Å². The van der Waals surface area contributed by atoms with E-state index in [-0.39, 0.29) is 6.04 Å². The zero-order valence-electron chi connectivity index (χ0n) is 19.1. The number of benzene rings is 2. The van der Waals surface area contributed by atoms with E-state index >= 15 is 0 Å². The van der Waals surface area contributed by atoms with Gasteiger partial charge in [-0.2, -0.15) is 0 Å². The maximum atomic E-state index is 12.9. The number of likely N-dealkylation sites (tertiary alicyclic amines) is 1. The number of imidazole rings is 1. The van der Waals surface area contributed by atoms with Crippen molar-refractivity contribution < 1.29 is 4.79 Å². The molecule has 1 N–H and O–H groups in total. The molecule has 2 aliphatic heterocycles. The first-order valence-corrected chi connectivity index (χ1v) is 12.2. The molecule has 2 aliphatic rings. The maximum absolute atomic E-state index is 12.9. The third kappa shape index (κ3) is 4.44. The molecule has 168 valence electrons. The van der Waals surface area contributed by atoms with Gasteiger partial charge in [0, 0.05) is 25.7 Å². The smallest absolute Gasteiger partial charge is 0.239 e. The molecule has 3 heterocycles. The molecule has 0 radical (unpaired) electrons. The van der Waals surface area contributed by atoms with Gasteiger partial charge in [0.25, 0.3) is 0 Å². The number of carbonyl (C=O) groups excluding carboxylic acids is 1. The molecule has 2 atom stereocenters. The molecule has 2 aromatic carbocycles. The average Bonchev–Trinajstić information content (AvgIpc) is 3.00. The predicted octanol–water partition coefficient (Wildman–Crippen LogP) is 4.55. The molecule has 0 aliphatic carbocycles. The van der Waals surface area contributed by atoms with Crippen molar-refractivity contribution in [1.29, 1.82) is 0 Å². The van der Waals surface area contributed by atoms with Gasteiger partial charge in [0.15, 0.2) is 0 Å². The Morgan fingerprint density at radius 1 is 1.03 bits per heavy atom. The van der Waals surface area contributed by atoms with Crippen LogP contribution in [-0.2, 0) is 18.3 Å². The van der Waals surface area contributed by atoms with Crippen molar-refractivity contribution in [3.63, 3.8) is 0 Å². The van der Waals surface area contributed by atoms with E-state index in [1.165, 1.54) is 30.4 Å². The van der Waals surface area contributed by atoms with Crippen molar-refractivity contribution in [2.75, 3.05) is 19.6 Å². The molecule has 5 rings (SSSR count). The lowest BCUT2D eigenvalue weighted by atomic mass is 9.92. The van der Waals surface area contributed by atoms with Gasteiger partial charge >= 0.3 is 0 Å². The van der Waals surface area contributed by atoms with E-state index in [1.807, 2.05) is 6.07 Å². The van der Waals surface area contributed by atoms with E-state index in [1.54, 1.807) is 0 Å². The van der Waals surface area contributed by atoms with Crippen LogP contribution in [0.3, 0.4) is 0 Å². The largest absolute Gasteiger partial charge is 0.341 e. The highest BCUT2D eigenvalue weighted by molar-refractivity contribution is 5.82. The van der Waals surface area contributed by atoms with Crippen LogP contribution in [0.15, 0.2) is 48.5 Å². The molecule has 2 saturated heterocycles. The molecular formula is C27H34N4O. The number of fused-ring (bicyclic) bond motifs is 1. The molecule has 0 spiro atoms. The second-order valence-electron chi connectivity index (χ2n) is 9.51. The average molecular weight is 431 g/mol. The van der Waals surface area contributed by atoms with E-state index in [9.17, 15) is 4.79 Å². The van der Waals surface area contributed by atoms with Gasteiger partial charge in [-0.25, -0.2) is 4.98 Å². The minimum absolute atomic E-state index is 0.0466. The number of nitrogens with one attached hydrogen (secondary N) is 1. The van der Waals surface area contributed by atoms with Gasteiger partial charge in [-0.15, -0.1) is 0 Å². The second kappa shape index (κ2) is 9.45. The number of hydrogen-bond donors (Lipinski definition) is 1. The molecule has 5 nitrogen and oxygen atoms in total. The number of rotatable bonds is 4. The zero-order chi connectivity index (χ0) is 21.9. The Hall–Kier alpha value is -2.66. The quantitative estimate of drug-likeness (QED) is 0.660. The number of carbonyl (C=O) groups is 1. The molecule has 3 aromatic rings. The van der Waals surface area contributed by atoms with E-state index in [0.29, 0.717) is 11.8 Å². The molecule has 1 aromatic heterocycles. The Kier molecular flexibility index (Phi) is 6.26. The summed E-state index contributed by atoms with van der Waals surface area (Å²) in [6.07, 6.45) is 7.82. The lowest BCUT2D eigenvalue weighted by Gasteiger charge is -2.29. The Morgan fingerprint density at radius 2 is 1.94 bits per heavy atom. The van der Waals surface area contributed by atoms with Gasteiger partial charge < -0.3 is 14.8 Å². The molecule has 2 fully saturated rings. The fourth-order valence-corrected chi connectivity index (χ4v) is 5.45. The lowest BCUT2D eigenvalue weighted by Crippen LogP contribution is -2.48. The Labute approximate surface area is 190 Å². The van der Waals surface area contributed by atoms with Crippen LogP contribution >= 0.6 is 0 Å². The topological polar surface area (TPSA) is 50.2 Å². The Balaban J connectivity index is 1.25. The van der Waals surface area contributed by atoms with E-state index in [2.05, 4.69) is 64.3 Å². The molecule has 0 bridgehead atoms. The van der Waals surface area contributed by atoms with Crippen molar-refractivity contribution in [2.24, 2.45) is 13.0 Å². The first-order valence-electron chi connectivity index (χ1n) is 12.2. The summed E-state index contributed by atoms with van der Waals surface area (Å²) < 4.78 is 2.18. The Morgan fingerprint density at radius 3 is 2.78 bits per heavy atom. The lowest BCUT2D eigenvalue weighted by molar-refractivity contribution is -0.134. The summed E-state index contributed by atoms with van der Waals surface area (Å²) in [6.45, 7) is 2.79. The van der Waals surface area contributed by atoms with Crippen molar-refractivity contribution in [3.8, 4) is 11.4 Å². The summed E-state index contributed by atoms with van der Waals surface area (Å²) in [5.74, 6) is 1.97. The normalized spacial score (nSPS) is 22.1. The number of aryl methyl sites for hydroxylation is 1. The van der Waals surface area contributed by atoms with Crippen molar-refractivity contribution in [2.45, 2.75) is 51.0 Å². The van der Waals surface area contributed by atoms with Gasteiger partial charge in [-0.3, -0.25) is 4.79 Å². The van der Waals surface area contributed by atoms with Gasteiger partial charge in [-0.1, -0.05) is 36.8 Å². The molecule has 5 heteroatoms. The van der Waals surface area contributed by atoms with Gasteiger partial charge in [0.05, 0.1) is 17.1 Å². The standard InChI is InChI=1S/C27H34N4O/c1-30-25-13-3-2-11-23(25)29-26(30)22-10-6-8-21(19-22)18-20-9-7-16-31(17-14-20)27(32)24-12-4-5-15-28-24/h2-3,6,8,10-11,13,19-20,24,28H,4-5,7,9,12,14-18H2,1H3/t20?,24-/m1/s1. The molecule has 1 amide bonds. The number of piperidine rings is 1. The molecule has 32 heavy (non-hydrogen) atoms. The van der Waals surface area contributed by atoms with Gasteiger partial charge in [0.2, 0.25) is 5.91 Å². The van der Waals surface area contributed by atoms with Crippen LogP contribution in [0.4, 0.5) is 0 Å². The first-order chi connectivity index (χ1) is 15.7. The number of hydrogen-bond acceptors (Lipinski definition) is 3. The second-order valence-corrected chi connectivity index (χ2v) is 9.51. The van der Waals surface area contributed by atoms with E-state index in [0.717, 1.165) is 62.2 Å². The van der Waals surface area contributed by atoms with Crippen molar-refractivity contribution in [3.05, 3.63) is 54.1 Å². The van der Waals surface area contributed by atoms with Crippen LogP contribution in [-0.4, -0.2) is 46.0 Å². The summed E-state index contributed by atoms with van der Waals surface area (Å²) in [5.41, 5.74) is 4.74. The minimum atomic E-state index is 0.0466. The fraction of sp³-hybridized carbons (Fsp3) is 0.481. The minimum Gasteiger partial charge on any atom is -0.341 e. The number of para-hydroxylation sites is 2. The summed E-state index contributed by atoms with van der Waals surface area (Å²) in [5, 5.41) is 3.42. The first kappa shape index (κ1) is 21.2. The zero-order valence-corrected chi connectivity index (χ0v) is 19.1. The SMILES string of the molecule is Cn1c(-c2cccc(CC3CCCN(C(=O)[C@H]4CCCCN4)CC3)c2)nc2ccccc21. The molecular weight excluding hydrogens is 396 g/mol. The summed E-state index contributed by atoms with van der Waals surface area (Å²) in [6, 6.07) is 17.2. The summed E-state index contributed by atoms with van der Waals surface area (Å²) in [7, 11) is 2.09. The Bertz CT molecular complexity index is 1080. The highest BCUT2D eigenvalue weighted by Crippen LogP contribution is 2.27. The van der Waals surface area contributed by atoms with Gasteiger partial charge in [-0.05, 0) is 74.8 Å². The third-order valence-electron chi connectivity index (χ3n) is 7.26. The van der Waals surface area contributed by atoms with Crippen LogP contribution in [0, 0.1) is 5.92 Å². The van der Waals surface area contributed by atoms with Crippen LogP contribution in [0.1, 0.15) is 44.1 Å². The van der Waals surface area contributed by atoms with Crippen LogP contribution < -0.4 is 5.32 Å². The van der Waals surface area contributed by atoms with Crippen molar-refractivity contribution >= 4 is 16.9 Å². The number of nitrogens with zero attached hydrogens (tertiary/aromatic N) is 3. The summed E-state index contributed by atoms with van der Waals surface area (Å²) >= 11 is 0. The molecule has 1 unspecified atom stereocenters. The van der Waals surface area contributed by atoms with Gasteiger partial charge in [0.1, 0.15) is 5.82 Å². The fourth-order valence-electron chi connectivity index (χ4n) is 5.45. The monoisotopic (exact) mass is 430 g/mol. The number of amides is 1. The van der Waals surface area contributed by atoms with Crippen LogP contribution in [0.5, 0.6) is 0 Å². The van der Waals surface area contributed by atoms with Crippen LogP contribution in [0.25, 0.3) is 22.4 Å². The van der Waals surface area contributed by atoms with Crippen LogP contribution in [0.2, 0.25) is 0 Å². The highest BCUT2D eigenvalue weighted by Gasteiger charge is 2.27. The highest BCUT2D eigenvalue weighted by atomic mass is 16.2. The third-order valence-corrected chi connectivity index (χ3v) is 7.26. The summed E-state index contributed by atoms with van der Waals surface area (Å²) in [4.78, 5) is 19.9. The predicted molar refractivity (Wildman–Crippen MR) is 129 cm³/mol. The molecule has 0 saturated carbocycles. The van der Waals surface area contributed by atoms with E-state index < -0.39 is 0 Å². The van der Waals surface area contributed by atoms with Crippen molar-refractivity contribution in [1.82, 2.24) is 19.8 Å².